The Bertz CT molecular complexity index is 539. The van der Waals surface area contributed by atoms with Gasteiger partial charge in [-0.25, -0.2) is 4.98 Å². The maximum absolute atomic E-state index is 9.00. The van der Waals surface area contributed by atoms with Crippen LogP contribution in [0.2, 0.25) is 0 Å². The molecule has 1 unspecified atom stereocenters. The van der Waals surface area contributed by atoms with Crippen molar-refractivity contribution in [3.05, 3.63) is 41.3 Å². The highest BCUT2D eigenvalue weighted by molar-refractivity contribution is 5.53. The van der Waals surface area contributed by atoms with E-state index in [2.05, 4.69) is 26.6 Å². The summed E-state index contributed by atoms with van der Waals surface area (Å²) in [6, 6.07) is 5.77. The average Bonchev–Trinajstić information content (AvgIpc) is 2.83. The van der Waals surface area contributed by atoms with Gasteiger partial charge in [0.2, 0.25) is 0 Å². The predicted octanol–water partition coefficient (Wildman–Crippen LogP) is 2.16. The number of aryl methyl sites for hydroxylation is 1. The van der Waals surface area contributed by atoms with E-state index < -0.39 is 0 Å². The quantitative estimate of drug-likeness (QED) is 0.842. The first-order chi connectivity index (χ1) is 8.20. The van der Waals surface area contributed by atoms with Gasteiger partial charge in [-0.15, -0.1) is 0 Å². The van der Waals surface area contributed by atoms with Crippen molar-refractivity contribution in [1.29, 1.82) is 5.26 Å². The van der Waals surface area contributed by atoms with Crippen LogP contribution < -0.4 is 5.32 Å². The van der Waals surface area contributed by atoms with E-state index in [0.29, 0.717) is 11.4 Å². The second-order valence-electron chi connectivity index (χ2n) is 3.86. The van der Waals surface area contributed by atoms with Crippen LogP contribution in [0.4, 0.5) is 5.82 Å². The van der Waals surface area contributed by atoms with Gasteiger partial charge in [-0.05, 0) is 26.0 Å². The molecule has 17 heavy (non-hydrogen) atoms. The molecule has 0 saturated heterocycles. The van der Waals surface area contributed by atoms with Crippen molar-refractivity contribution in [2.45, 2.75) is 19.9 Å². The molecule has 5 nitrogen and oxygen atoms in total. The molecule has 0 aliphatic heterocycles. The second kappa shape index (κ2) is 4.66. The van der Waals surface area contributed by atoms with Crippen molar-refractivity contribution in [3.8, 4) is 6.07 Å². The molecule has 2 rings (SSSR count). The standard InChI is InChI=1S/C12H13N5/c1-8-3-4-10(5-13)12(16-8)17-9(2)11-6-14-15-7-11/h3-4,6-7,9H,1-2H3,(H,14,15)(H,16,17). The third kappa shape index (κ3) is 2.42. The van der Waals surface area contributed by atoms with E-state index in [1.54, 1.807) is 12.3 Å². The van der Waals surface area contributed by atoms with Crippen LogP contribution in [-0.4, -0.2) is 15.2 Å². The Kier molecular flexibility index (Phi) is 3.06. The molecule has 86 valence electrons. The smallest absolute Gasteiger partial charge is 0.144 e. The molecule has 0 radical (unpaired) electrons. The van der Waals surface area contributed by atoms with E-state index >= 15 is 0 Å². The molecule has 0 fully saturated rings. The van der Waals surface area contributed by atoms with E-state index in [-0.39, 0.29) is 6.04 Å². The minimum atomic E-state index is 0.0511. The van der Waals surface area contributed by atoms with Crippen LogP contribution in [0.1, 0.15) is 29.8 Å². The lowest BCUT2D eigenvalue weighted by atomic mass is 10.1. The average molecular weight is 227 g/mol. The Hall–Kier alpha value is -2.35. The van der Waals surface area contributed by atoms with Gasteiger partial charge in [0, 0.05) is 17.5 Å². The first-order valence-corrected chi connectivity index (χ1v) is 5.33. The first kappa shape index (κ1) is 11.1. The number of anilines is 1. The van der Waals surface area contributed by atoms with E-state index in [4.69, 9.17) is 5.26 Å². The summed E-state index contributed by atoms with van der Waals surface area (Å²) in [5.41, 5.74) is 2.45. The number of nitrogens with one attached hydrogen (secondary N) is 2. The molecule has 0 aliphatic rings. The number of nitrogens with zero attached hydrogens (tertiary/aromatic N) is 3. The van der Waals surface area contributed by atoms with E-state index in [1.807, 2.05) is 26.1 Å². The third-order valence-electron chi connectivity index (χ3n) is 2.53. The van der Waals surface area contributed by atoms with Crippen LogP contribution in [0.25, 0.3) is 0 Å². The molecule has 2 aromatic heterocycles. The minimum absolute atomic E-state index is 0.0511. The Morgan fingerprint density at radius 2 is 2.29 bits per heavy atom. The number of aromatic amines is 1. The lowest BCUT2D eigenvalue weighted by molar-refractivity contribution is 0.872. The maximum atomic E-state index is 9.00. The van der Waals surface area contributed by atoms with Gasteiger partial charge in [0.25, 0.3) is 0 Å². The summed E-state index contributed by atoms with van der Waals surface area (Å²) >= 11 is 0. The third-order valence-corrected chi connectivity index (χ3v) is 2.53. The van der Waals surface area contributed by atoms with Gasteiger partial charge < -0.3 is 5.32 Å². The molecule has 0 aliphatic carbocycles. The number of rotatable bonds is 3. The number of nitriles is 1. The summed E-state index contributed by atoms with van der Waals surface area (Å²) in [5, 5.41) is 18.9. The van der Waals surface area contributed by atoms with Crippen LogP contribution in [0.5, 0.6) is 0 Å². The molecule has 2 heterocycles. The molecule has 5 heteroatoms. The maximum Gasteiger partial charge on any atom is 0.144 e. The zero-order chi connectivity index (χ0) is 12.3. The lowest BCUT2D eigenvalue weighted by Gasteiger charge is -2.14. The molecule has 0 saturated carbocycles. The number of pyridine rings is 1. The Morgan fingerprint density at radius 1 is 1.47 bits per heavy atom. The van der Waals surface area contributed by atoms with Crippen molar-refractivity contribution in [2.75, 3.05) is 5.32 Å². The monoisotopic (exact) mass is 227 g/mol. The molecule has 0 bridgehead atoms. The molecular weight excluding hydrogens is 214 g/mol. The highest BCUT2D eigenvalue weighted by Gasteiger charge is 2.10. The van der Waals surface area contributed by atoms with Crippen molar-refractivity contribution < 1.29 is 0 Å². The molecule has 2 N–H and O–H groups in total. The SMILES string of the molecule is Cc1ccc(C#N)c(NC(C)c2cn[nH]c2)n1. The van der Waals surface area contributed by atoms with Gasteiger partial charge in [0.15, 0.2) is 0 Å². The highest BCUT2D eigenvalue weighted by atomic mass is 15.1. The largest absolute Gasteiger partial charge is 0.362 e. The summed E-state index contributed by atoms with van der Waals surface area (Å²) in [6.07, 6.45) is 3.57. The zero-order valence-electron chi connectivity index (χ0n) is 9.73. The predicted molar refractivity (Wildman–Crippen MR) is 64.3 cm³/mol. The zero-order valence-corrected chi connectivity index (χ0v) is 9.73. The molecular formula is C12H13N5. The van der Waals surface area contributed by atoms with Gasteiger partial charge >= 0.3 is 0 Å². The molecule has 2 aromatic rings. The fraction of sp³-hybridized carbons (Fsp3) is 0.250. The van der Waals surface area contributed by atoms with Crippen LogP contribution in [-0.2, 0) is 0 Å². The van der Waals surface area contributed by atoms with Crippen molar-refractivity contribution in [2.24, 2.45) is 0 Å². The van der Waals surface area contributed by atoms with Crippen LogP contribution in [0.15, 0.2) is 24.5 Å². The first-order valence-electron chi connectivity index (χ1n) is 5.33. The lowest BCUT2D eigenvalue weighted by Crippen LogP contribution is -2.09. The van der Waals surface area contributed by atoms with Gasteiger partial charge in [0.05, 0.1) is 17.8 Å². The number of aromatic nitrogens is 3. The van der Waals surface area contributed by atoms with Gasteiger partial charge in [-0.1, -0.05) is 0 Å². The minimum Gasteiger partial charge on any atom is -0.362 e. The Labute approximate surface area is 99.5 Å². The van der Waals surface area contributed by atoms with Crippen molar-refractivity contribution in [1.82, 2.24) is 15.2 Å². The van der Waals surface area contributed by atoms with Crippen LogP contribution in [0, 0.1) is 18.3 Å². The Balaban J connectivity index is 2.24. The number of H-pyrrole nitrogens is 1. The summed E-state index contributed by atoms with van der Waals surface area (Å²) in [6.45, 7) is 3.89. The number of hydrogen-bond donors (Lipinski definition) is 2. The van der Waals surface area contributed by atoms with Crippen molar-refractivity contribution >= 4 is 5.82 Å². The van der Waals surface area contributed by atoms with Crippen LogP contribution in [0.3, 0.4) is 0 Å². The molecule has 0 spiro atoms. The van der Waals surface area contributed by atoms with Gasteiger partial charge in [-0.3, -0.25) is 5.10 Å². The fourth-order valence-corrected chi connectivity index (χ4v) is 1.54. The van der Waals surface area contributed by atoms with E-state index in [9.17, 15) is 0 Å². The summed E-state index contributed by atoms with van der Waals surface area (Å²) < 4.78 is 0. The molecule has 0 amide bonds. The summed E-state index contributed by atoms with van der Waals surface area (Å²) in [4.78, 5) is 4.33. The van der Waals surface area contributed by atoms with E-state index in [1.165, 1.54) is 0 Å². The molecule has 0 aromatic carbocycles. The van der Waals surface area contributed by atoms with Gasteiger partial charge in [0.1, 0.15) is 11.9 Å². The second-order valence-corrected chi connectivity index (χ2v) is 3.86. The van der Waals surface area contributed by atoms with Crippen molar-refractivity contribution in [3.63, 3.8) is 0 Å². The Morgan fingerprint density at radius 3 is 2.94 bits per heavy atom. The highest BCUT2D eigenvalue weighted by Crippen LogP contribution is 2.19. The van der Waals surface area contributed by atoms with Gasteiger partial charge in [-0.2, -0.15) is 10.4 Å². The normalized spacial score (nSPS) is 11.8. The number of hydrogen-bond acceptors (Lipinski definition) is 4. The molecule has 1 atom stereocenters. The fourth-order valence-electron chi connectivity index (χ4n) is 1.54. The van der Waals surface area contributed by atoms with Crippen LogP contribution >= 0.6 is 0 Å². The topological polar surface area (TPSA) is 77.4 Å². The summed E-state index contributed by atoms with van der Waals surface area (Å²) in [7, 11) is 0. The van der Waals surface area contributed by atoms with E-state index in [0.717, 1.165) is 11.3 Å². The summed E-state index contributed by atoms with van der Waals surface area (Å²) in [5.74, 6) is 0.612.